The Labute approximate surface area is 315 Å². The van der Waals surface area contributed by atoms with Crippen LogP contribution in [0, 0.1) is 0 Å². The second-order valence-electron chi connectivity index (χ2n) is 14.4. The molecule has 2 fully saturated rings. The molecular formula is C38H47N2O8PS2Si. The van der Waals surface area contributed by atoms with Crippen molar-refractivity contribution in [2.75, 3.05) is 33.2 Å². The zero-order valence-corrected chi connectivity index (χ0v) is 34.1. The van der Waals surface area contributed by atoms with Crippen molar-refractivity contribution in [1.82, 2.24) is 9.55 Å². The lowest BCUT2D eigenvalue weighted by Crippen LogP contribution is -2.49. The number of aromatic amines is 1. The van der Waals surface area contributed by atoms with Gasteiger partial charge in [0.25, 0.3) is 5.56 Å². The van der Waals surface area contributed by atoms with Crippen LogP contribution in [0.25, 0.3) is 0 Å². The van der Waals surface area contributed by atoms with E-state index in [1.54, 1.807) is 25.6 Å². The first-order valence-electron chi connectivity index (χ1n) is 17.2. The smallest absolute Gasteiger partial charge is 0.330 e. The fraction of sp³-hybridized carbons (Fsp3) is 0.421. The number of H-pyrrole nitrogens is 1. The molecule has 10 nitrogen and oxygen atoms in total. The molecule has 5 atom stereocenters. The Morgan fingerprint density at radius 2 is 1.48 bits per heavy atom. The Kier molecular flexibility index (Phi) is 11.5. The van der Waals surface area contributed by atoms with Crippen LogP contribution in [0.3, 0.4) is 0 Å². The molecule has 6 rings (SSSR count). The maximum absolute atomic E-state index is 13.4. The Bertz CT molecular complexity index is 1940. The predicted molar refractivity (Wildman–Crippen MR) is 212 cm³/mol. The van der Waals surface area contributed by atoms with Crippen molar-refractivity contribution in [3.8, 4) is 11.5 Å². The maximum atomic E-state index is 13.4. The van der Waals surface area contributed by atoms with E-state index in [-0.39, 0.29) is 11.6 Å². The zero-order valence-electron chi connectivity index (χ0n) is 30.6. The Balaban J connectivity index is 1.51. The van der Waals surface area contributed by atoms with Crippen LogP contribution in [0.5, 0.6) is 11.5 Å². The van der Waals surface area contributed by atoms with Crippen molar-refractivity contribution in [1.29, 1.82) is 0 Å². The van der Waals surface area contributed by atoms with E-state index in [1.807, 2.05) is 78.9 Å². The van der Waals surface area contributed by atoms with Crippen LogP contribution in [0.4, 0.5) is 0 Å². The quantitative estimate of drug-likeness (QED) is 0.0894. The third kappa shape index (κ3) is 7.52. The van der Waals surface area contributed by atoms with Crippen molar-refractivity contribution >= 4 is 37.0 Å². The molecule has 1 N–H and O–H groups in total. The molecule has 52 heavy (non-hydrogen) atoms. The fourth-order valence-corrected chi connectivity index (χ4v) is 14.8. The van der Waals surface area contributed by atoms with Gasteiger partial charge in [-0.3, -0.25) is 14.3 Å². The highest BCUT2D eigenvalue weighted by Crippen LogP contribution is 2.71. The number of aromatic nitrogens is 2. The van der Waals surface area contributed by atoms with E-state index in [0.29, 0.717) is 18.1 Å². The van der Waals surface area contributed by atoms with Gasteiger partial charge in [0, 0.05) is 18.0 Å². The molecule has 3 aromatic carbocycles. The molecule has 2 aliphatic rings. The number of benzene rings is 3. The molecule has 0 saturated carbocycles. The highest BCUT2D eigenvalue weighted by Gasteiger charge is 2.58. The summed E-state index contributed by atoms with van der Waals surface area (Å²) in [4.78, 5) is 28.0. The number of hydrogen-bond donors (Lipinski definition) is 1. The molecule has 0 bridgehead atoms. The Morgan fingerprint density at radius 1 is 0.904 bits per heavy atom. The van der Waals surface area contributed by atoms with Crippen LogP contribution >= 0.6 is 16.8 Å². The van der Waals surface area contributed by atoms with E-state index < -0.39 is 54.7 Å². The van der Waals surface area contributed by atoms with Crippen LogP contribution in [-0.4, -0.2) is 68.9 Å². The molecule has 1 aromatic heterocycles. The first-order valence-corrected chi connectivity index (χ1v) is 24.5. The SMILES string of the molecule is COc1ccc(C(OC[C@H]2O[C@@H](n3ccc(=O)[nH]c3=O)[C@H](O[Si](C)(C)C(C)(C)C)[C@@H]2P2(=S)OCCS2)(c2ccccc2)c2ccc(OC)cc2)cc1. The van der Waals surface area contributed by atoms with Gasteiger partial charge in [0.1, 0.15) is 28.7 Å². The van der Waals surface area contributed by atoms with E-state index in [9.17, 15) is 9.59 Å². The summed E-state index contributed by atoms with van der Waals surface area (Å²) in [5.41, 5.74) is -2.64. The van der Waals surface area contributed by atoms with Gasteiger partial charge in [-0.25, -0.2) is 4.79 Å². The van der Waals surface area contributed by atoms with Crippen molar-refractivity contribution in [3.63, 3.8) is 0 Å². The third-order valence-corrected chi connectivity index (χ3v) is 22.1. The number of nitrogens with zero attached hydrogens (tertiary/aromatic N) is 1. The van der Waals surface area contributed by atoms with Crippen molar-refractivity contribution < 1.29 is 27.9 Å². The van der Waals surface area contributed by atoms with Gasteiger partial charge in [-0.15, -0.1) is 0 Å². The zero-order chi connectivity index (χ0) is 37.3. The van der Waals surface area contributed by atoms with Gasteiger partial charge in [-0.2, -0.15) is 0 Å². The first-order chi connectivity index (χ1) is 24.7. The monoisotopic (exact) mass is 782 g/mol. The lowest BCUT2D eigenvalue weighted by Gasteiger charge is -2.42. The largest absolute Gasteiger partial charge is 0.497 e. The highest BCUT2D eigenvalue weighted by molar-refractivity contribution is 8.70. The van der Waals surface area contributed by atoms with Gasteiger partial charge in [-0.05, 0) is 59.1 Å². The van der Waals surface area contributed by atoms with Crippen molar-refractivity contribution in [3.05, 3.63) is 129 Å². The number of rotatable bonds is 12. The molecule has 0 radical (unpaired) electrons. The normalized spacial score (nSPS) is 23.8. The predicted octanol–water partition coefficient (Wildman–Crippen LogP) is 7.29. The maximum Gasteiger partial charge on any atom is 0.330 e. The summed E-state index contributed by atoms with van der Waals surface area (Å²) in [5.74, 6) is 2.18. The Hall–Kier alpha value is -3.00. The molecule has 14 heteroatoms. The Morgan fingerprint density at radius 3 is 1.98 bits per heavy atom. The molecule has 0 amide bonds. The molecule has 4 aromatic rings. The first kappa shape index (κ1) is 38.7. The number of hydrogen-bond acceptors (Lipinski definition) is 10. The second kappa shape index (κ2) is 15.4. The van der Waals surface area contributed by atoms with Crippen molar-refractivity contribution in [2.45, 2.75) is 68.6 Å². The summed E-state index contributed by atoms with van der Waals surface area (Å²) in [7, 11) is 0.789. The van der Waals surface area contributed by atoms with Gasteiger partial charge in [0.2, 0.25) is 0 Å². The van der Waals surface area contributed by atoms with Gasteiger partial charge >= 0.3 is 5.69 Å². The van der Waals surface area contributed by atoms with Crippen LogP contribution in [0.1, 0.15) is 43.7 Å². The molecule has 3 heterocycles. The molecule has 2 saturated heterocycles. The highest BCUT2D eigenvalue weighted by atomic mass is 32.9. The standard InChI is InChI=1S/C38H47N2O8PS2Si/c1-37(2,3)52(6,7)48-33-34(49(50)46-23-24-51-49)31(47-35(33)40-22-21-32(41)39-36(40)42)25-45-38(26-11-9-8-10-12-26,27-13-17-29(43-4)18-14-27)28-15-19-30(44-5)20-16-28/h8-22,31,33-35H,23-25H2,1-7H3,(H,39,41,42)/t31-,33-,34-,35-,49?/m1/s1. The van der Waals surface area contributed by atoms with Gasteiger partial charge in [-0.1, -0.05) is 98.6 Å². The second-order valence-corrected chi connectivity index (χ2v) is 26.5. The van der Waals surface area contributed by atoms with E-state index in [0.717, 1.165) is 22.4 Å². The molecular weight excluding hydrogens is 736 g/mol. The minimum absolute atomic E-state index is 0.0753. The lowest BCUT2D eigenvalue weighted by atomic mass is 9.80. The summed E-state index contributed by atoms with van der Waals surface area (Å²) in [6.45, 7) is 11.5. The van der Waals surface area contributed by atoms with E-state index in [1.165, 1.54) is 16.8 Å². The van der Waals surface area contributed by atoms with E-state index >= 15 is 0 Å². The molecule has 0 spiro atoms. The molecule has 0 aliphatic carbocycles. The van der Waals surface area contributed by atoms with Crippen LogP contribution < -0.4 is 20.7 Å². The summed E-state index contributed by atoms with van der Waals surface area (Å²) in [5, 5.41) is -0.158. The summed E-state index contributed by atoms with van der Waals surface area (Å²) >= 11 is 8.09. The minimum atomic E-state index is -2.65. The van der Waals surface area contributed by atoms with Gasteiger partial charge in [0.05, 0.1) is 39.2 Å². The number of ether oxygens (including phenoxy) is 4. The average Bonchev–Trinajstić information content (AvgIpc) is 3.72. The topological polar surface area (TPSA) is 110 Å². The molecule has 2 aliphatic heterocycles. The molecule has 1 unspecified atom stereocenters. The minimum Gasteiger partial charge on any atom is -0.497 e. The van der Waals surface area contributed by atoms with Crippen LogP contribution in [-0.2, 0) is 35.8 Å². The van der Waals surface area contributed by atoms with Crippen LogP contribution in [0.15, 0.2) is 101 Å². The summed E-state index contributed by atoms with van der Waals surface area (Å²) < 4.78 is 40.5. The summed E-state index contributed by atoms with van der Waals surface area (Å²) in [6, 6.07) is 27.1. The third-order valence-electron chi connectivity index (χ3n) is 10.3. The fourth-order valence-electron chi connectivity index (χ4n) is 6.56. The lowest BCUT2D eigenvalue weighted by molar-refractivity contribution is -0.0862. The molecule has 278 valence electrons. The van der Waals surface area contributed by atoms with Gasteiger partial charge < -0.3 is 27.9 Å². The number of methoxy groups -OCH3 is 2. The van der Waals surface area contributed by atoms with Crippen molar-refractivity contribution in [2.24, 2.45) is 0 Å². The summed E-state index contributed by atoms with van der Waals surface area (Å²) in [6.07, 6.45) is -0.721. The van der Waals surface area contributed by atoms with Crippen LogP contribution in [0.2, 0.25) is 18.1 Å². The van der Waals surface area contributed by atoms with Gasteiger partial charge in [0.15, 0.2) is 14.5 Å². The number of nitrogens with one attached hydrogen (secondary N) is 1. The van der Waals surface area contributed by atoms with E-state index in [2.05, 4.69) is 38.8 Å². The van der Waals surface area contributed by atoms with E-state index in [4.69, 9.17) is 39.7 Å². The average molecular weight is 783 g/mol.